The molecule has 3 heteroatoms. The molecule has 2 N–H and O–H groups in total. The highest BCUT2D eigenvalue weighted by Crippen LogP contribution is 2.15. The van der Waals surface area contributed by atoms with Gasteiger partial charge < -0.3 is 5.73 Å². The molecule has 0 saturated heterocycles. The molecule has 0 spiro atoms. The van der Waals surface area contributed by atoms with Crippen LogP contribution >= 0.6 is 11.3 Å². The van der Waals surface area contributed by atoms with E-state index in [2.05, 4.69) is 18.8 Å². The molecule has 0 bridgehead atoms. The molecule has 0 unspecified atom stereocenters. The van der Waals surface area contributed by atoms with Gasteiger partial charge in [-0.1, -0.05) is 13.8 Å². The molecule has 1 aromatic heterocycles. The molecule has 0 aliphatic rings. The fourth-order valence-electron chi connectivity index (χ4n) is 0.970. The summed E-state index contributed by atoms with van der Waals surface area (Å²) in [4.78, 5) is 5.49. The predicted molar refractivity (Wildman–Crippen MR) is 53.2 cm³/mol. The van der Waals surface area contributed by atoms with Crippen molar-refractivity contribution >= 4 is 11.3 Å². The van der Waals surface area contributed by atoms with E-state index >= 15 is 0 Å². The highest BCUT2D eigenvalue weighted by Gasteiger charge is 2.01. The average Bonchev–Trinajstić information content (AvgIpc) is 2.48. The summed E-state index contributed by atoms with van der Waals surface area (Å²) in [5.74, 6) is 0.759. The summed E-state index contributed by atoms with van der Waals surface area (Å²) >= 11 is 1.74. The molecule has 12 heavy (non-hydrogen) atoms. The topological polar surface area (TPSA) is 38.9 Å². The summed E-state index contributed by atoms with van der Waals surface area (Å²) < 4.78 is 0. The first-order valence-electron chi connectivity index (χ1n) is 4.36. The van der Waals surface area contributed by atoms with Crippen molar-refractivity contribution in [3.8, 4) is 0 Å². The zero-order chi connectivity index (χ0) is 8.97. The maximum Gasteiger partial charge on any atom is 0.0928 e. The summed E-state index contributed by atoms with van der Waals surface area (Å²) in [7, 11) is 0. The Kier molecular flexibility index (Phi) is 3.69. The van der Waals surface area contributed by atoms with Gasteiger partial charge in [0, 0.05) is 17.6 Å². The first-order valence-corrected chi connectivity index (χ1v) is 5.17. The Balaban J connectivity index is 2.41. The molecular formula is C9H16N2S. The maximum absolute atomic E-state index is 5.49. The van der Waals surface area contributed by atoms with E-state index in [-0.39, 0.29) is 0 Å². The summed E-state index contributed by atoms with van der Waals surface area (Å²) in [6, 6.07) is 0. The molecule has 0 aliphatic carbocycles. The van der Waals surface area contributed by atoms with E-state index in [0.717, 1.165) is 12.3 Å². The molecule has 0 amide bonds. The molecule has 68 valence electrons. The zero-order valence-electron chi connectivity index (χ0n) is 7.71. The largest absolute Gasteiger partial charge is 0.326 e. The fraction of sp³-hybridized carbons (Fsp3) is 0.667. The van der Waals surface area contributed by atoms with Gasteiger partial charge in [0.1, 0.15) is 0 Å². The Hall–Kier alpha value is -0.410. The summed E-state index contributed by atoms with van der Waals surface area (Å²) in [5, 5.41) is 1.23. The van der Waals surface area contributed by atoms with E-state index in [9.17, 15) is 0 Å². The smallest absolute Gasteiger partial charge is 0.0928 e. The summed E-state index contributed by atoms with van der Waals surface area (Å²) in [6.45, 7) is 5.09. The van der Waals surface area contributed by atoms with Crippen molar-refractivity contribution in [2.24, 2.45) is 11.7 Å². The summed E-state index contributed by atoms with van der Waals surface area (Å²) in [5.41, 5.74) is 5.49. The molecule has 0 atom stereocenters. The number of aromatic nitrogens is 1. The van der Waals surface area contributed by atoms with Gasteiger partial charge in [-0.25, -0.2) is 4.98 Å². The van der Waals surface area contributed by atoms with Crippen LogP contribution in [0.5, 0.6) is 0 Å². The van der Waals surface area contributed by atoms with Gasteiger partial charge in [-0.3, -0.25) is 0 Å². The number of aryl methyl sites for hydroxylation is 1. The number of nitrogens with two attached hydrogens (primary N) is 1. The van der Waals surface area contributed by atoms with Crippen LogP contribution in [0, 0.1) is 5.92 Å². The standard InChI is InChI=1S/C9H16N2S/c1-7(2)3-4-9-11-6-8(5-10)12-9/h6-7H,3-5,10H2,1-2H3. The van der Waals surface area contributed by atoms with Crippen molar-refractivity contribution < 1.29 is 0 Å². The minimum atomic E-state index is 0.624. The van der Waals surface area contributed by atoms with E-state index in [1.807, 2.05) is 6.20 Å². The van der Waals surface area contributed by atoms with Gasteiger partial charge in [-0.15, -0.1) is 11.3 Å². The van der Waals surface area contributed by atoms with Crippen molar-refractivity contribution in [1.29, 1.82) is 0 Å². The minimum Gasteiger partial charge on any atom is -0.326 e. The number of rotatable bonds is 4. The van der Waals surface area contributed by atoms with Gasteiger partial charge in [0.05, 0.1) is 5.01 Å². The van der Waals surface area contributed by atoms with E-state index in [0.29, 0.717) is 6.54 Å². The van der Waals surface area contributed by atoms with Crippen LogP contribution in [-0.4, -0.2) is 4.98 Å². The van der Waals surface area contributed by atoms with Crippen LogP contribution in [0.3, 0.4) is 0 Å². The predicted octanol–water partition coefficient (Wildman–Crippen LogP) is 2.19. The quantitative estimate of drug-likeness (QED) is 0.779. The van der Waals surface area contributed by atoms with Crippen LogP contribution in [0.25, 0.3) is 0 Å². The van der Waals surface area contributed by atoms with Gasteiger partial charge in [0.15, 0.2) is 0 Å². The molecule has 0 aliphatic heterocycles. The number of nitrogens with zero attached hydrogens (tertiary/aromatic N) is 1. The zero-order valence-corrected chi connectivity index (χ0v) is 8.53. The van der Waals surface area contributed by atoms with Crippen molar-refractivity contribution in [3.63, 3.8) is 0 Å². The van der Waals surface area contributed by atoms with E-state index in [1.54, 1.807) is 11.3 Å². The molecule has 0 fully saturated rings. The van der Waals surface area contributed by atoms with Gasteiger partial charge in [-0.05, 0) is 18.8 Å². The molecule has 2 nitrogen and oxygen atoms in total. The van der Waals surface area contributed by atoms with Crippen molar-refractivity contribution in [1.82, 2.24) is 4.98 Å². The monoisotopic (exact) mass is 184 g/mol. The number of hydrogen-bond donors (Lipinski definition) is 1. The third kappa shape index (κ3) is 2.91. The Morgan fingerprint density at radius 1 is 1.58 bits per heavy atom. The van der Waals surface area contributed by atoms with Crippen LogP contribution < -0.4 is 5.73 Å². The molecule has 1 heterocycles. The Morgan fingerprint density at radius 2 is 2.33 bits per heavy atom. The van der Waals surface area contributed by atoms with Gasteiger partial charge in [0.25, 0.3) is 0 Å². The molecule has 1 rings (SSSR count). The lowest BCUT2D eigenvalue weighted by atomic mass is 10.1. The Bertz CT molecular complexity index is 230. The van der Waals surface area contributed by atoms with Gasteiger partial charge in [0.2, 0.25) is 0 Å². The maximum atomic E-state index is 5.49. The van der Waals surface area contributed by atoms with Crippen LogP contribution in [0.1, 0.15) is 30.2 Å². The fourth-order valence-corrected chi connectivity index (χ4v) is 1.79. The second-order valence-electron chi connectivity index (χ2n) is 3.36. The lowest BCUT2D eigenvalue weighted by Crippen LogP contribution is -1.91. The third-order valence-electron chi connectivity index (χ3n) is 1.74. The number of hydrogen-bond acceptors (Lipinski definition) is 3. The van der Waals surface area contributed by atoms with Crippen molar-refractivity contribution in [2.45, 2.75) is 33.2 Å². The molecule has 1 aromatic rings. The lowest BCUT2D eigenvalue weighted by molar-refractivity contribution is 0.585. The van der Waals surface area contributed by atoms with Crippen LogP contribution in [0.4, 0.5) is 0 Å². The van der Waals surface area contributed by atoms with Gasteiger partial charge >= 0.3 is 0 Å². The first kappa shape index (κ1) is 9.68. The molecule has 0 aromatic carbocycles. The van der Waals surface area contributed by atoms with Crippen LogP contribution in [0.15, 0.2) is 6.20 Å². The van der Waals surface area contributed by atoms with E-state index in [4.69, 9.17) is 5.73 Å². The number of thiazole rings is 1. The van der Waals surface area contributed by atoms with Crippen LogP contribution in [0.2, 0.25) is 0 Å². The Morgan fingerprint density at radius 3 is 2.83 bits per heavy atom. The van der Waals surface area contributed by atoms with Crippen LogP contribution in [-0.2, 0) is 13.0 Å². The highest BCUT2D eigenvalue weighted by molar-refractivity contribution is 7.11. The average molecular weight is 184 g/mol. The van der Waals surface area contributed by atoms with Crippen molar-refractivity contribution in [2.75, 3.05) is 0 Å². The van der Waals surface area contributed by atoms with E-state index in [1.165, 1.54) is 16.3 Å². The van der Waals surface area contributed by atoms with Gasteiger partial charge in [-0.2, -0.15) is 0 Å². The first-order chi connectivity index (χ1) is 5.72. The second-order valence-corrected chi connectivity index (χ2v) is 4.56. The summed E-state index contributed by atoms with van der Waals surface area (Å²) in [6.07, 6.45) is 4.21. The second kappa shape index (κ2) is 4.58. The highest BCUT2D eigenvalue weighted by atomic mass is 32.1. The normalized spacial score (nSPS) is 11.0. The molecular weight excluding hydrogens is 168 g/mol. The van der Waals surface area contributed by atoms with Crippen molar-refractivity contribution in [3.05, 3.63) is 16.1 Å². The molecule has 0 radical (unpaired) electrons. The Labute approximate surface area is 77.8 Å². The molecule has 0 saturated carbocycles. The lowest BCUT2D eigenvalue weighted by Gasteiger charge is -1.99. The SMILES string of the molecule is CC(C)CCc1ncc(CN)s1. The third-order valence-corrected chi connectivity index (χ3v) is 2.82. The minimum absolute atomic E-state index is 0.624. The van der Waals surface area contributed by atoms with E-state index < -0.39 is 0 Å².